The van der Waals surface area contributed by atoms with Gasteiger partial charge in [0.15, 0.2) is 29.2 Å². The predicted octanol–water partition coefficient (Wildman–Crippen LogP) is -4.05. The van der Waals surface area contributed by atoms with E-state index < -0.39 is 123 Å². The first-order chi connectivity index (χ1) is 29.9. The second-order valence-corrected chi connectivity index (χ2v) is 20.3. The summed E-state index contributed by atoms with van der Waals surface area (Å²) in [6, 6.07) is 0. The molecule has 0 aliphatic carbocycles. The second kappa shape index (κ2) is 18.0. The Hall–Kier alpha value is -4.04. The summed E-state index contributed by atoms with van der Waals surface area (Å²) in [6.45, 7) is -1.80. The first-order valence-electron chi connectivity index (χ1n) is 18.0. The van der Waals surface area contributed by atoms with Gasteiger partial charge in [-0.25, -0.2) is 37.2 Å². The van der Waals surface area contributed by atoms with E-state index in [1.54, 1.807) is 0 Å². The lowest BCUT2D eigenvalue weighted by Crippen LogP contribution is -2.47. The van der Waals surface area contributed by atoms with Gasteiger partial charge in [-0.15, -0.1) is 5.10 Å². The fourth-order valence-corrected chi connectivity index (χ4v) is 11.1. The summed E-state index contributed by atoms with van der Waals surface area (Å²) >= 11 is 0. The molecular weight excluding hydrogens is 952 g/mol. The number of nitrogens with one attached hydrogen (secondary N) is 2. The highest BCUT2D eigenvalue weighted by Gasteiger charge is 2.50. The van der Waals surface area contributed by atoms with Gasteiger partial charge in [0.25, 0.3) is 17.1 Å². The molecule has 2 aliphatic heterocycles. The zero-order valence-corrected chi connectivity index (χ0v) is 36.5. The minimum Gasteiger partial charge on any atom is -0.387 e. The summed E-state index contributed by atoms with van der Waals surface area (Å²) in [6.07, 6.45) is -8.43. The number of H-pyrrole nitrogens is 2. The number of imidazole rings is 2. The third-order valence-electron chi connectivity index (χ3n) is 9.43. The highest BCUT2D eigenvalue weighted by molar-refractivity contribution is 7.69. The number of phosphoric acid groups is 3. The number of aliphatic hydroxyl groups excluding tert-OH is 3. The number of aryl methyl sites for hydroxylation is 2. The van der Waals surface area contributed by atoms with E-state index in [0.29, 0.717) is 6.20 Å². The number of aliphatic hydroxyl groups is 3. The van der Waals surface area contributed by atoms with Crippen LogP contribution in [0, 0.1) is 6.92 Å². The van der Waals surface area contributed by atoms with Crippen LogP contribution in [0.5, 0.6) is 0 Å². The van der Waals surface area contributed by atoms with E-state index in [4.69, 9.17) is 29.0 Å². The molecule has 2 saturated heterocycles. The summed E-state index contributed by atoms with van der Waals surface area (Å²) in [5.41, 5.74) is 3.63. The quantitative estimate of drug-likeness (QED) is 0.0295. The van der Waals surface area contributed by atoms with Crippen LogP contribution in [0.3, 0.4) is 0 Å². The van der Waals surface area contributed by atoms with Gasteiger partial charge in [0.2, 0.25) is 11.7 Å². The SMILES string of the molecule is COC1[C@@H](O)[C@@H](COP(=O)(O)OP(=O)(O)c2cn(CCOP(=O)(O)OP(=O)(O)OC[C@H]3O[C@@H](n4cnc5c(=O)[nH]c(C)nc54)[C@@H](O)C3O)nn2)O[C@H]1[n+]1cn(C)c2c(=O)[nH]c(N)nc21. The van der Waals surface area contributed by atoms with Crippen LogP contribution >= 0.6 is 31.1 Å². The number of methoxy groups -OCH3 is 1. The molecule has 12 atom stereocenters. The fraction of sp³-hybridized carbons (Fsp3) is 0.556. The van der Waals surface area contributed by atoms with Gasteiger partial charge in [0.05, 0.1) is 45.9 Å². The van der Waals surface area contributed by atoms with Crippen molar-refractivity contribution in [2.75, 3.05) is 32.7 Å². The molecule has 2 aliphatic rings. The van der Waals surface area contributed by atoms with Crippen LogP contribution in [0.4, 0.5) is 5.95 Å². The van der Waals surface area contributed by atoms with Crippen molar-refractivity contribution in [2.24, 2.45) is 7.05 Å². The van der Waals surface area contributed by atoms with Crippen molar-refractivity contribution in [3.8, 4) is 0 Å². The fourth-order valence-electron chi connectivity index (χ4n) is 6.60. The number of nitrogens with zero attached hydrogens (tertiary/aromatic N) is 9. The number of anilines is 1. The van der Waals surface area contributed by atoms with Crippen LogP contribution in [0.15, 0.2) is 28.4 Å². The van der Waals surface area contributed by atoms with Crippen LogP contribution in [0.2, 0.25) is 0 Å². The number of phosphoric ester groups is 3. The topological polar surface area (TPSA) is 459 Å². The molecule has 0 spiro atoms. The van der Waals surface area contributed by atoms with Crippen molar-refractivity contribution in [1.82, 2.24) is 49.0 Å². The lowest BCUT2D eigenvalue weighted by molar-refractivity contribution is -0.746. The van der Waals surface area contributed by atoms with E-state index in [0.717, 1.165) is 15.6 Å². The Morgan fingerprint density at radius 3 is 2.23 bits per heavy atom. The van der Waals surface area contributed by atoms with Gasteiger partial charge in [-0.05, 0) is 6.92 Å². The van der Waals surface area contributed by atoms with Crippen LogP contribution in [0.1, 0.15) is 18.3 Å². The molecule has 33 nitrogen and oxygen atoms in total. The molecule has 64 heavy (non-hydrogen) atoms. The standard InChI is InChI=1S/C27H38N12O21P4/c1-11-30-21-15(23(43)31-11)29-9-38(21)25-19(42)17(40)12(57-25)7-56-64(51,52)60-62(47,48)54-5-4-37-6-14(34-35-37)61(45,46)59-63(49,50)55-8-13-18(41)20(53-3)26(58-13)39-10-36(2)16-22(39)32-27(28)33-24(16)44/h6,9-10,12-13,17-20,25-26,40-42H,4-5,7-8H2,1-3H3,(H7-,28,30,31,32,33,43,44,45,46,47,48,49,50,51,52)/p+1/t12-,13-,17?,18+,19+,20?,25-,26-/m1/s1. The Labute approximate surface area is 355 Å². The van der Waals surface area contributed by atoms with Crippen molar-refractivity contribution in [1.29, 1.82) is 0 Å². The van der Waals surface area contributed by atoms with Crippen LogP contribution in [0.25, 0.3) is 22.3 Å². The number of rotatable bonds is 18. The summed E-state index contributed by atoms with van der Waals surface area (Å²) in [5.74, 6) is -0.0217. The summed E-state index contributed by atoms with van der Waals surface area (Å²) in [5, 5.41) is 38.8. The predicted molar refractivity (Wildman–Crippen MR) is 204 cm³/mol. The molecule has 0 amide bonds. The number of nitrogen functional groups attached to an aromatic ring is 1. The number of nitrogens with two attached hydrogens (primary N) is 1. The normalized spacial score (nSPS) is 27.7. The molecule has 0 radical (unpaired) electrons. The number of hydrogen-bond acceptors (Lipinski definition) is 23. The van der Waals surface area contributed by atoms with E-state index in [1.807, 2.05) is 0 Å². The summed E-state index contributed by atoms with van der Waals surface area (Å²) in [7, 11) is -18.9. The first-order valence-corrected chi connectivity index (χ1v) is 24.1. The maximum absolute atomic E-state index is 12.9. The summed E-state index contributed by atoms with van der Waals surface area (Å²) < 4.78 is 95.1. The molecule has 2 fully saturated rings. The molecule has 5 aromatic heterocycles. The smallest absolute Gasteiger partial charge is 0.387 e. The van der Waals surface area contributed by atoms with Gasteiger partial charge in [-0.3, -0.25) is 41.8 Å². The molecule has 7 rings (SSSR count). The monoisotopic (exact) mass is 991 g/mol. The molecule has 5 aromatic rings. The van der Waals surface area contributed by atoms with E-state index in [9.17, 15) is 62.7 Å². The minimum atomic E-state index is -5.46. The Morgan fingerprint density at radius 2 is 1.55 bits per heavy atom. The first kappa shape index (κ1) is 47.9. The number of ether oxygens (including phenoxy) is 3. The van der Waals surface area contributed by atoms with Crippen LogP contribution in [-0.2, 0) is 68.3 Å². The van der Waals surface area contributed by atoms with Gasteiger partial charge < -0.3 is 59.8 Å². The number of hydrogen-bond donors (Lipinski definition) is 10. The lowest BCUT2D eigenvalue weighted by atomic mass is 10.1. The zero-order chi connectivity index (χ0) is 46.7. The van der Waals surface area contributed by atoms with Crippen LogP contribution in [-0.4, -0.2) is 147 Å². The Balaban J connectivity index is 0.886. The van der Waals surface area contributed by atoms with Crippen molar-refractivity contribution >= 4 is 64.8 Å². The molecule has 0 saturated carbocycles. The molecule has 0 aromatic carbocycles. The molecule has 6 unspecified atom stereocenters. The second-order valence-electron chi connectivity index (χ2n) is 13.9. The highest BCUT2D eigenvalue weighted by Crippen LogP contribution is 2.61. The minimum absolute atomic E-state index is 0.00938. The maximum atomic E-state index is 12.9. The Kier molecular flexibility index (Phi) is 13.5. The summed E-state index contributed by atoms with van der Waals surface area (Å²) in [4.78, 5) is 82.5. The Bertz CT molecular complexity index is 2870. The lowest BCUT2D eigenvalue weighted by Gasteiger charge is -2.19. The molecular formula is C27H39N12O21P4+. The number of aromatic amines is 2. The van der Waals surface area contributed by atoms with Crippen molar-refractivity contribution in [3.05, 3.63) is 45.4 Å². The third kappa shape index (κ3) is 10.0. The van der Waals surface area contributed by atoms with E-state index in [-0.39, 0.29) is 34.1 Å². The number of aromatic nitrogens is 11. The molecule has 0 bridgehead atoms. The largest absolute Gasteiger partial charge is 0.481 e. The average Bonchev–Trinajstić information content (AvgIpc) is 4.01. The van der Waals surface area contributed by atoms with Gasteiger partial charge in [-0.1, -0.05) is 10.2 Å². The van der Waals surface area contributed by atoms with E-state index in [2.05, 4.69) is 48.4 Å². The van der Waals surface area contributed by atoms with Gasteiger partial charge in [0.1, 0.15) is 42.4 Å². The third-order valence-corrected chi connectivity index (χ3v) is 15.0. The van der Waals surface area contributed by atoms with E-state index >= 15 is 0 Å². The van der Waals surface area contributed by atoms with Crippen molar-refractivity contribution in [3.63, 3.8) is 0 Å². The van der Waals surface area contributed by atoms with Gasteiger partial charge in [0, 0.05) is 7.11 Å². The molecule has 11 N–H and O–H groups in total. The molecule has 7 heterocycles. The van der Waals surface area contributed by atoms with E-state index in [1.165, 1.54) is 36.5 Å². The van der Waals surface area contributed by atoms with Crippen molar-refractivity contribution < 1.29 is 94.1 Å². The van der Waals surface area contributed by atoms with Gasteiger partial charge >= 0.3 is 36.7 Å². The highest BCUT2D eigenvalue weighted by atomic mass is 31.3. The number of fused-ring (bicyclic) bond motifs is 2. The maximum Gasteiger partial charge on any atom is 0.481 e. The molecule has 352 valence electrons. The van der Waals surface area contributed by atoms with Gasteiger partial charge in [-0.2, -0.15) is 4.31 Å². The average molecular weight is 992 g/mol. The zero-order valence-electron chi connectivity index (χ0n) is 32.9. The van der Waals surface area contributed by atoms with Crippen molar-refractivity contribution in [2.45, 2.75) is 62.5 Å². The van der Waals surface area contributed by atoms with Crippen LogP contribution < -0.4 is 26.9 Å². The Morgan fingerprint density at radius 1 is 0.891 bits per heavy atom. The molecule has 37 heteroatoms.